The van der Waals surface area contributed by atoms with Gasteiger partial charge in [-0.05, 0) is 37.0 Å². The molecular weight excluding hydrogens is 332 g/mol. The van der Waals surface area contributed by atoms with Crippen LogP contribution in [0.15, 0.2) is 42.5 Å². The Bertz CT molecular complexity index is 851. The molecule has 1 aliphatic heterocycles. The number of aryl methyl sites for hydroxylation is 2. The van der Waals surface area contributed by atoms with Gasteiger partial charge in [-0.25, -0.2) is 9.59 Å². The number of carboxylic acids is 2. The molecule has 0 amide bonds. The number of carbonyl (C=O) groups is 2. The zero-order valence-corrected chi connectivity index (χ0v) is 14.6. The second-order valence-electron chi connectivity index (χ2n) is 6.44. The Morgan fingerprint density at radius 1 is 1.12 bits per heavy atom. The van der Waals surface area contributed by atoms with Crippen LogP contribution in [0.1, 0.15) is 29.8 Å². The number of aromatic nitrogens is 1. The monoisotopic (exact) mass is 354 g/mol. The standard InChI is InChI=1S/C16H18N2.C4H4O4/c1-11-15-10-13-7-6-12-4-2-3-5-14(12)16(13)18(15)9-8-17-11;5-3(6)1-2-4(7)8/h2-5,10-11,17H,6-9H2,1H3;1-2H,(H,5,6)(H,7,8). The second kappa shape index (κ2) is 7.58. The molecule has 0 fully saturated rings. The number of hydrogen-bond donors (Lipinski definition) is 3. The van der Waals surface area contributed by atoms with Gasteiger partial charge in [0.15, 0.2) is 0 Å². The zero-order chi connectivity index (χ0) is 18.7. The van der Waals surface area contributed by atoms with Crippen LogP contribution in [-0.2, 0) is 29.0 Å². The molecule has 1 aromatic carbocycles. The molecule has 4 rings (SSSR count). The fourth-order valence-electron chi connectivity index (χ4n) is 3.61. The largest absolute Gasteiger partial charge is 0.478 e. The van der Waals surface area contributed by atoms with Crippen LogP contribution in [0.2, 0.25) is 0 Å². The maximum Gasteiger partial charge on any atom is 0.328 e. The van der Waals surface area contributed by atoms with E-state index >= 15 is 0 Å². The number of fused-ring (bicyclic) bond motifs is 5. The Labute approximate surface area is 151 Å². The van der Waals surface area contributed by atoms with Gasteiger partial charge in [0.25, 0.3) is 0 Å². The van der Waals surface area contributed by atoms with Crippen LogP contribution in [0, 0.1) is 0 Å². The van der Waals surface area contributed by atoms with E-state index in [2.05, 4.69) is 47.1 Å². The highest BCUT2D eigenvalue weighted by atomic mass is 16.4. The highest BCUT2D eigenvalue weighted by Gasteiger charge is 2.26. The Kier molecular flexibility index (Phi) is 5.23. The third-order valence-electron chi connectivity index (χ3n) is 4.74. The van der Waals surface area contributed by atoms with Crippen molar-refractivity contribution in [1.82, 2.24) is 9.88 Å². The predicted molar refractivity (Wildman–Crippen MR) is 98.1 cm³/mol. The second-order valence-corrected chi connectivity index (χ2v) is 6.44. The van der Waals surface area contributed by atoms with Crippen LogP contribution in [-0.4, -0.2) is 33.3 Å². The molecule has 1 aliphatic carbocycles. The van der Waals surface area contributed by atoms with E-state index in [0.29, 0.717) is 18.2 Å². The first kappa shape index (κ1) is 17.9. The number of aliphatic carboxylic acids is 2. The fourth-order valence-corrected chi connectivity index (χ4v) is 3.61. The first-order valence-corrected chi connectivity index (χ1v) is 8.65. The summed E-state index contributed by atoms with van der Waals surface area (Å²) in [7, 11) is 0. The highest BCUT2D eigenvalue weighted by Crippen LogP contribution is 2.38. The van der Waals surface area contributed by atoms with Gasteiger partial charge in [0.2, 0.25) is 0 Å². The lowest BCUT2D eigenvalue weighted by atomic mass is 9.90. The molecule has 0 saturated carbocycles. The zero-order valence-electron chi connectivity index (χ0n) is 14.6. The first-order chi connectivity index (χ1) is 12.5. The van der Waals surface area contributed by atoms with Gasteiger partial charge in [-0.2, -0.15) is 0 Å². The van der Waals surface area contributed by atoms with E-state index in [1.807, 2.05) is 0 Å². The molecule has 2 aromatic rings. The molecule has 0 spiro atoms. The van der Waals surface area contributed by atoms with Crippen molar-refractivity contribution < 1.29 is 19.8 Å². The highest BCUT2D eigenvalue weighted by molar-refractivity contribution is 5.89. The number of carboxylic acid groups (broad SMARTS) is 2. The summed E-state index contributed by atoms with van der Waals surface area (Å²) in [5.41, 5.74) is 7.46. The van der Waals surface area contributed by atoms with Gasteiger partial charge in [-0.1, -0.05) is 24.3 Å². The summed E-state index contributed by atoms with van der Waals surface area (Å²) in [4.78, 5) is 19.1. The molecule has 1 aromatic heterocycles. The molecule has 3 N–H and O–H groups in total. The third kappa shape index (κ3) is 3.70. The molecule has 2 heterocycles. The molecule has 1 atom stereocenters. The summed E-state index contributed by atoms with van der Waals surface area (Å²) in [5, 5.41) is 19.2. The maximum absolute atomic E-state index is 9.55. The van der Waals surface area contributed by atoms with Gasteiger partial charge in [-0.15, -0.1) is 0 Å². The lowest BCUT2D eigenvalue weighted by molar-refractivity contribution is -0.134. The predicted octanol–water partition coefficient (Wildman–Crippen LogP) is 2.63. The van der Waals surface area contributed by atoms with Gasteiger partial charge in [0.05, 0.1) is 5.69 Å². The summed E-state index contributed by atoms with van der Waals surface area (Å²) < 4.78 is 2.54. The Balaban J connectivity index is 0.000000211. The summed E-state index contributed by atoms with van der Waals surface area (Å²) in [6.45, 7) is 4.45. The average Bonchev–Trinajstić information content (AvgIpc) is 3.01. The molecule has 1 unspecified atom stereocenters. The van der Waals surface area contributed by atoms with Crippen molar-refractivity contribution in [2.45, 2.75) is 32.4 Å². The smallest absolute Gasteiger partial charge is 0.328 e. The van der Waals surface area contributed by atoms with E-state index in [1.54, 1.807) is 5.56 Å². The van der Waals surface area contributed by atoms with Crippen LogP contribution in [0.25, 0.3) is 11.3 Å². The van der Waals surface area contributed by atoms with Gasteiger partial charge >= 0.3 is 11.9 Å². The quantitative estimate of drug-likeness (QED) is 0.721. The van der Waals surface area contributed by atoms with Gasteiger partial charge in [0.1, 0.15) is 0 Å². The van der Waals surface area contributed by atoms with Crippen molar-refractivity contribution >= 4 is 11.9 Å². The van der Waals surface area contributed by atoms with Gasteiger partial charge < -0.3 is 20.1 Å². The first-order valence-electron chi connectivity index (χ1n) is 8.65. The van der Waals surface area contributed by atoms with Crippen LogP contribution in [0.4, 0.5) is 0 Å². The van der Waals surface area contributed by atoms with Crippen molar-refractivity contribution in [3.05, 3.63) is 59.3 Å². The molecule has 0 bridgehead atoms. The maximum atomic E-state index is 9.55. The van der Waals surface area contributed by atoms with E-state index in [-0.39, 0.29) is 0 Å². The lowest BCUT2D eigenvalue weighted by Gasteiger charge is -2.26. The van der Waals surface area contributed by atoms with Crippen LogP contribution in [0.3, 0.4) is 0 Å². The lowest BCUT2D eigenvalue weighted by Crippen LogP contribution is -2.31. The molecule has 2 aliphatic rings. The minimum Gasteiger partial charge on any atom is -0.478 e. The number of nitrogens with one attached hydrogen (secondary N) is 1. The molecule has 6 heteroatoms. The SMILES string of the molecule is CC1NCCn2c1cc1c2-c2ccccc2CC1.O=C(O)C=CC(=O)O. The Morgan fingerprint density at radius 3 is 2.46 bits per heavy atom. The molecule has 26 heavy (non-hydrogen) atoms. The molecule has 6 nitrogen and oxygen atoms in total. The van der Waals surface area contributed by atoms with E-state index in [0.717, 1.165) is 13.1 Å². The van der Waals surface area contributed by atoms with Crippen molar-refractivity contribution in [2.75, 3.05) is 6.54 Å². The Morgan fingerprint density at radius 2 is 1.77 bits per heavy atom. The summed E-state index contributed by atoms with van der Waals surface area (Å²) in [5.74, 6) is -2.51. The molecular formula is C20H22N2O4. The van der Waals surface area contributed by atoms with Crippen molar-refractivity contribution in [3.8, 4) is 11.3 Å². The third-order valence-corrected chi connectivity index (χ3v) is 4.74. The normalized spacial score (nSPS) is 17.5. The van der Waals surface area contributed by atoms with Crippen molar-refractivity contribution in [3.63, 3.8) is 0 Å². The summed E-state index contributed by atoms with van der Waals surface area (Å²) in [6.07, 6.45) is 3.50. The summed E-state index contributed by atoms with van der Waals surface area (Å²) in [6, 6.07) is 11.8. The number of benzene rings is 1. The molecule has 136 valence electrons. The minimum absolute atomic E-state index is 0.483. The number of nitrogens with zero attached hydrogens (tertiary/aromatic N) is 1. The minimum atomic E-state index is -1.26. The van der Waals surface area contributed by atoms with E-state index in [4.69, 9.17) is 10.2 Å². The van der Waals surface area contributed by atoms with E-state index in [1.165, 1.54) is 35.4 Å². The van der Waals surface area contributed by atoms with Crippen LogP contribution >= 0.6 is 0 Å². The van der Waals surface area contributed by atoms with Gasteiger partial charge in [0, 0.05) is 42.5 Å². The topological polar surface area (TPSA) is 91.6 Å². The van der Waals surface area contributed by atoms with Gasteiger partial charge in [-0.3, -0.25) is 0 Å². The molecule has 0 saturated heterocycles. The molecule has 0 radical (unpaired) electrons. The fraction of sp³-hybridized carbons (Fsp3) is 0.300. The van der Waals surface area contributed by atoms with E-state index < -0.39 is 11.9 Å². The Hall–Kier alpha value is -2.86. The van der Waals surface area contributed by atoms with Crippen molar-refractivity contribution in [1.29, 1.82) is 0 Å². The van der Waals surface area contributed by atoms with E-state index in [9.17, 15) is 9.59 Å². The van der Waals surface area contributed by atoms with Crippen molar-refractivity contribution in [2.24, 2.45) is 0 Å². The number of rotatable bonds is 2. The summed E-state index contributed by atoms with van der Waals surface area (Å²) >= 11 is 0. The number of hydrogen-bond acceptors (Lipinski definition) is 3. The average molecular weight is 354 g/mol. The van der Waals surface area contributed by atoms with Crippen LogP contribution in [0.5, 0.6) is 0 Å². The van der Waals surface area contributed by atoms with Crippen LogP contribution < -0.4 is 5.32 Å².